The van der Waals surface area contributed by atoms with E-state index in [0.29, 0.717) is 11.8 Å². The van der Waals surface area contributed by atoms with Crippen molar-refractivity contribution in [3.63, 3.8) is 0 Å². The monoisotopic (exact) mass is 212 g/mol. The average molecular weight is 212 g/mol. The molecule has 2 heterocycles. The van der Waals surface area contributed by atoms with Crippen molar-refractivity contribution in [2.45, 2.75) is 13.3 Å². The summed E-state index contributed by atoms with van der Waals surface area (Å²) in [6.07, 6.45) is 0.955. The highest BCUT2D eigenvalue weighted by Gasteiger charge is 2.35. The van der Waals surface area contributed by atoms with Crippen molar-refractivity contribution in [1.29, 1.82) is 0 Å². The van der Waals surface area contributed by atoms with Crippen LogP contribution in [0.1, 0.15) is 13.3 Å². The number of hydrogen-bond acceptors (Lipinski definition) is 3. The first-order chi connectivity index (χ1) is 7.22. The van der Waals surface area contributed by atoms with Crippen LogP contribution in [0.15, 0.2) is 0 Å². The maximum atomic E-state index is 12.1. The first-order valence-electron chi connectivity index (χ1n) is 5.82. The number of aliphatic hydroxyl groups excluding tert-OH is 1. The van der Waals surface area contributed by atoms with E-state index in [0.717, 1.165) is 32.6 Å². The van der Waals surface area contributed by atoms with Crippen molar-refractivity contribution < 1.29 is 9.90 Å². The van der Waals surface area contributed by atoms with Gasteiger partial charge in [0.25, 0.3) is 0 Å². The Morgan fingerprint density at radius 3 is 2.87 bits per heavy atom. The summed E-state index contributed by atoms with van der Waals surface area (Å²) in [5.74, 6) is 1.19. The molecule has 4 heteroatoms. The molecular weight excluding hydrogens is 192 g/mol. The van der Waals surface area contributed by atoms with Gasteiger partial charge in [0.2, 0.25) is 5.91 Å². The lowest BCUT2D eigenvalue weighted by atomic mass is 9.97. The minimum atomic E-state index is 0.155. The third kappa shape index (κ3) is 2.16. The molecular formula is C11H20N2O2. The van der Waals surface area contributed by atoms with E-state index in [-0.39, 0.29) is 18.4 Å². The van der Waals surface area contributed by atoms with E-state index in [4.69, 9.17) is 5.11 Å². The van der Waals surface area contributed by atoms with Gasteiger partial charge in [-0.15, -0.1) is 0 Å². The normalized spacial score (nSPS) is 36.1. The zero-order chi connectivity index (χ0) is 10.8. The summed E-state index contributed by atoms with van der Waals surface area (Å²) >= 11 is 0. The predicted octanol–water partition coefficient (Wildman–Crippen LogP) is -0.317. The molecule has 86 valence electrons. The van der Waals surface area contributed by atoms with Crippen molar-refractivity contribution in [2.24, 2.45) is 17.8 Å². The lowest BCUT2D eigenvalue weighted by Crippen LogP contribution is -2.37. The molecule has 1 amide bonds. The second-order valence-corrected chi connectivity index (χ2v) is 4.86. The van der Waals surface area contributed by atoms with Gasteiger partial charge in [0, 0.05) is 32.2 Å². The highest BCUT2D eigenvalue weighted by atomic mass is 16.3. The van der Waals surface area contributed by atoms with Gasteiger partial charge in [0.1, 0.15) is 0 Å². The van der Waals surface area contributed by atoms with Gasteiger partial charge in [-0.1, -0.05) is 6.92 Å². The summed E-state index contributed by atoms with van der Waals surface area (Å²) in [6, 6.07) is 0. The maximum absolute atomic E-state index is 12.1. The number of carbonyl (C=O) groups excluding carboxylic acids is 1. The van der Waals surface area contributed by atoms with Crippen molar-refractivity contribution in [3.8, 4) is 0 Å². The molecule has 4 nitrogen and oxygen atoms in total. The van der Waals surface area contributed by atoms with Crippen LogP contribution in [0.25, 0.3) is 0 Å². The van der Waals surface area contributed by atoms with Crippen molar-refractivity contribution >= 4 is 5.91 Å². The molecule has 3 atom stereocenters. The van der Waals surface area contributed by atoms with Crippen LogP contribution in [0, 0.1) is 17.8 Å². The summed E-state index contributed by atoms with van der Waals surface area (Å²) in [5, 5.41) is 12.3. The van der Waals surface area contributed by atoms with Crippen molar-refractivity contribution in [3.05, 3.63) is 0 Å². The average Bonchev–Trinajstić information content (AvgIpc) is 2.84. The van der Waals surface area contributed by atoms with Crippen LogP contribution in [0.3, 0.4) is 0 Å². The van der Waals surface area contributed by atoms with Crippen LogP contribution in [0.2, 0.25) is 0 Å². The topological polar surface area (TPSA) is 52.6 Å². The molecule has 2 rings (SSSR count). The first kappa shape index (κ1) is 10.9. The van der Waals surface area contributed by atoms with E-state index in [1.807, 2.05) is 4.90 Å². The molecule has 3 unspecified atom stereocenters. The summed E-state index contributed by atoms with van der Waals surface area (Å²) in [6.45, 7) is 5.68. The van der Waals surface area contributed by atoms with E-state index < -0.39 is 0 Å². The molecule has 0 radical (unpaired) electrons. The first-order valence-corrected chi connectivity index (χ1v) is 5.82. The third-order valence-corrected chi connectivity index (χ3v) is 3.69. The van der Waals surface area contributed by atoms with Gasteiger partial charge in [-0.05, 0) is 18.9 Å². The highest BCUT2D eigenvalue weighted by Crippen LogP contribution is 2.23. The number of hydrogen-bond donors (Lipinski definition) is 2. The molecule has 2 aliphatic rings. The molecule has 0 bridgehead atoms. The van der Waals surface area contributed by atoms with Crippen molar-refractivity contribution in [2.75, 3.05) is 32.8 Å². The van der Waals surface area contributed by atoms with E-state index in [1.54, 1.807) is 0 Å². The summed E-state index contributed by atoms with van der Waals surface area (Å²) in [4.78, 5) is 14.0. The van der Waals surface area contributed by atoms with E-state index in [2.05, 4.69) is 12.2 Å². The van der Waals surface area contributed by atoms with Crippen LogP contribution in [0.5, 0.6) is 0 Å². The number of carbonyl (C=O) groups is 1. The lowest BCUT2D eigenvalue weighted by Gasteiger charge is -2.22. The lowest BCUT2D eigenvalue weighted by molar-refractivity contribution is -0.135. The number of nitrogens with one attached hydrogen (secondary N) is 1. The Bertz CT molecular complexity index is 245. The van der Waals surface area contributed by atoms with Gasteiger partial charge in [-0.2, -0.15) is 0 Å². The molecule has 15 heavy (non-hydrogen) atoms. The minimum absolute atomic E-state index is 0.155. The standard InChI is InChI=1S/C11H20N2O2/c1-8-4-12-5-10(8)11(15)13-3-2-9(6-13)7-14/h8-10,12,14H,2-7H2,1H3. The van der Waals surface area contributed by atoms with E-state index in [1.165, 1.54) is 0 Å². The van der Waals surface area contributed by atoms with E-state index in [9.17, 15) is 4.79 Å². The summed E-state index contributed by atoms with van der Waals surface area (Å²) in [7, 11) is 0. The zero-order valence-corrected chi connectivity index (χ0v) is 9.28. The van der Waals surface area contributed by atoms with Crippen LogP contribution >= 0.6 is 0 Å². The van der Waals surface area contributed by atoms with Gasteiger partial charge in [-0.25, -0.2) is 0 Å². The van der Waals surface area contributed by atoms with Gasteiger partial charge >= 0.3 is 0 Å². The smallest absolute Gasteiger partial charge is 0.227 e. The largest absolute Gasteiger partial charge is 0.396 e. The molecule has 2 N–H and O–H groups in total. The molecule has 0 saturated carbocycles. The highest BCUT2D eigenvalue weighted by molar-refractivity contribution is 5.80. The fraction of sp³-hybridized carbons (Fsp3) is 0.909. The Morgan fingerprint density at radius 2 is 2.33 bits per heavy atom. The molecule has 2 fully saturated rings. The van der Waals surface area contributed by atoms with Crippen LogP contribution in [-0.2, 0) is 4.79 Å². The van der Waals surface area contributed by atoms with E-state index >= 15 is 0 Å². The fourth-order valence-corrected chi connectivity index (χ4v) is 2.56. The van der Waals surface area contributed by atoms with Crippen LogP contribution in [0.4, 0.5) is 0 Å². The molecule has 2 aliphatic heterocycles. The van der Waals surface area contributed by atoms with Crippen LogP contribution < -0.4 is 5.32 Å². The maximum Gasteiger partial charge on any atom is 0.227 e. The van der Waals surface area contributed by atoms with Gasteiger partial charge in [-0.3, -0.25) is 4.79 Å². The minimum Gasteiger partial charge on any atom is -0.396 e. The third-order valence-electron chi connectivity index (χ3n) is 3.69. The second kappa shape index (κ2) is 4.49. The van der Waals surface area contributed by atoms with Gasteiger partial charge in [0.15, 0.2) is 0 Å². The van der Waals surface area contributed by atoms with Crippen LogP contribution in [-0.4, -0.2) is 48.7 Å². The Hall–Kier alpha value is -0.610. The number of rotatable bonds is 2. The summed E-state index contributed by atoms with van der Waals surface area (Å²) < 4.78 is 0. The Balaban J connectivity index is 1.91. The SMILES string of the molecule is CC1CNCC1C(=O)N1CCC(CO)C1. The molecule has 0 spiro atoms. The Labute approximate surface area is 90.6 Å². The van der Waals surface area contributed by atoms with Crippen molar-refractivity contribution in [1.82, 2.24) is 10.2 Å². The molecule has 0 aliphatic carbocycles. The molecule has 0 aromatic heterocycles. The Morgan fingerprint density at radius 1 is 1.53 bits per heavy atom. The summed E-state index contributed by atoms with van der Waals surface area (Å²) in [5.41, 5.74) is 0. The predicted molar refractivity (Wildman–Crippen MR) is 57.3 cm³/mol. The Kier molecular flexibility index (Phi) is 3.26. The quantitative estimate of drug-likeness (QED) is 0.660. The number of nitrogens with zero attached hydrogens (tertiary/aromatic N) is 1. The fourth-order valence-electron chi connectivity index (χ4n) is 2.56. The zero-order valence-electron chi connectivity index (χ0n) is 9.28. The second-order valence-electron chi connectivity index (χ2n) is 4.86. The molecule has 0 aromatic carbocycles. The number of amides is 1. The van der Waals surface area contributed by atoms with Gasteiger partial charge < -0.3 is 15.3 Å². The van der Waals surface area contributed by atoms with Gasteiger partial charge in [0.05, 0.1) is 5.92 Å². The number of aliphatic hydroxyl groups is 1. The number of likely N-dealkylation sites (tertiary alicyclic amines) is 1. The molecule has 2 saturated heterocycles. The molecule has 0 aromatic rings.